The van der Waals surface area contributed by atoms with Crippen LogP contribution >= 0.6 is 11.8 Å². The fourth-order valence-corrected chi connectivity index (χ4v) is 3.41. The predicted molar refractivity (Wildman–Crippen MR) is 106 cm³/mol. The first-order valence-corrected chi connectivity index (χ1v) is 9.73. The first-order valence-electron chi connectivity index (χ1n) is 8.75. The minimum Gasteiger partial charge on any atom is -0.495 e. The van der Waals surface area contributed by atoms with Crippen molar-refractivity contribution >= 4 is 17.7 Å². The number of aryl methyl sites for hydroxylation is 1. The molecule has 1 N–H and O–H groups in total. The predicted octanol–water partition coefficient (Wildman–Crippen LogP) is 3.12. The molecule has 2 aromatic carbocycles. The Morgan fingerprint density at radius 2 is 1.93 bits per heavy atom. The van der Waals surface area contributed by atoms with Crippen LogP contribution in [-0.2, 0) is 11.2 Å². The molecule has 0 aliphatic carbocycles. The van der Waals surface area contributed by atoms with Crippen LogP contribution in [0.4, 0.5) is 0 Å². The summed E-state index contributed by atoms with van der Waals surface area (Å²) in [6, 6.07) is 17.9. The van der Waals surface area contributed by atoms with Gasteiger partial charge < -0.3 is 10.1 Å². The topological polar surface area (TPSA) is 69.0 Å². The number of methoxy groups -OCH3 is 1. The van der Waals surface area contributed by atoms with Crippen LogP contribution in [0.1, 0.15) is 12.0 Å². The molecule has 0 spiro atoms. The van der Waals surface area contributed by atoms with Gasteiger partial charge in [0, 0.05) is 6.54 Å². The molecule has 0 aliphatic heterocycles. The quantitative estimate of drug-likeness (QED) is 0.455. The molecule has 0 aliphatic rings. The van der Waals surface area contributed by atoms with E-state index < -0.39 is 0 Å². The van der Waals surface area contributed by atoms with E-state index in [1.54, 1.807) is 13.4 Å². The SMILES string of the molecule is COc1ccccc1-n1cnnc1SCC(=O)NCCCc1ccccc1. The van der Waals surface area contributed by atoms with Crippen molar-refractivity contribution in [1.82, 2.24) is 20.1 Å². The smallest absolute Gasteiger partial charge is 0.230 e. The first-order chi connectivity index (χ1) is 13.3. The van der Waals surface area contributed by atoms with Crippen LogP contribution in [0.5, 0.6) is 5.75 Å². The number of nitrogens with zero attached hydrogens (tertiary/aromatic N) is 3. The number of para-hydroxylation sites is 2. The number of hydrogen-bond donors (Lipinski definition) is 1. The number of carbonyl (C=O) groups excluding carboxylic acids is 1. The summed E-state index contributed by atoms with van der Waals surface area (Å²) in [6.45, 7) is 0.660. The summed E-state index contributed by atoms with van der Waals surface area (Å²) in [5.41, 5.74) is 2.13. The third-order valence-electron chi connectivity index (χ3n) is 4.00. The summed E-state index contributed by atoms with van der Waals surface area (Å²) < 4.78 is 7.21. The van der Waals surface area contributed by atoms with Gasteiger partial charge in [0.05, 0.1) is 18.6 Å². The van der Waals surface area contributed by atoms with Gasteiger partial charge in [0.15, 0.2) is 5.16 Å². The van der Waals surface area contributed by atoms with Crippen molar-refractivity contribution < 1.29 is 9.53 Å². The molecule has 0 saturated heterocycles. The Balaban J connectivity index is 1.48. The Morgan fingerprint density at radius 3 is 2.74 bits per heavy atom. The number of benzene rings is 2. The molecule has 0 unspecified atom stereocenters. The van der Waals surface area contributed by atoms with Gasteiger partial charge in [-0.3, -0.25) is 9.36 Å². The van der Waals surface area contributed by atoms with E-state index in [1.165, 1.54) is 17.3 Å². The van der Waals surface area contributed by atoms with Crippen molar-refractivity contribution in [3.05, 3.63) is 66.5 Å². The van der Waals surface area contributed by atoms with Gasteiger partial charge in [0.1, 0.15) is 12.1 Å². The largest absolute Gasteiger partial charge is 0.495 e. The zero-order valence-corrected chi connectivity index (χ0v) is 16.0. The van der Waals surface area contributed by atoms with Crippen LogP contribution in [0.15, 0.2) is 66.1 Å². The van der Waals surface area contributed by atoms with Crippen molar-refractivity contribution in [2.24, 2.45) is 0 Å². The first kappa shape index (κ1) is 19.0. The molecule has 6 nitrogen and oxygen atoms in total. The summed E-state index contributed by atoms with van der Waals surface area (Å²) in [4.78, 5) is 12.1. The minimum atomic E-state index is -0.0114. The van der Waals surface area contributed by atoms with Gasteiger partial charge in [0.2, 0.25) is 5.91 Å². The molecule has 140 valence electrons. The molecule has 0 fully saturated rings. The summed E-state index contributed by atoms with van der Waals surface area (Å²) >= 11 is 1.35. The van der Waals surface area contributed by atoms with E-state index in [-0.39, 0.29) is 5.91 Å². The summed E-state index contributed by atoms with van der Waals surface area (Å²) in [5, 5.41) is 11.7. The summed E-state index contributed by atoms with van der Waals surface area (Å²) in [6.07, 6.45) is 3.49. The lowest BCUT2D eigenvalue weighted by molar-refractivity contribution is -0.118. The van der Waals surface area contributed by atoms with Crippen molar-refractivity contribution in [2.75, 3.05) is 19.4 Å². The maximum Gasteiger partial charge on any atom is 0.230 e. The number of hydrogen-bond acceptors (Lipinski definition) is 5. The highest BCUT2D eigenvalue weighted by Gasteiger charge is 2.12. The maximum atomic E-state index is 12.1. The second-order valence-electron chi connectivity index (χ2n) is 5.88. The zero-order valence-electron chi connectivity index (χ0n) is 15.2. The van der Waals surface area contributed by atoms with Crippen molar-refractivity contribution in [3.8, 4) is 11.4 Å². The van der Waals surface area contributed by atoms with Crippen LogP contribution in [0.2, 0.25) is 0 Å². The van der Waals surface area contributed by atoms with Crippen molar-refractivity contribution in [3.63, 3.8) is 0 Å². The van der Waals surface area contributed by atoms with Crippen LogP contribution in [-0.4, -0.2) is 40.1 Å². The number of thioether (sulfide) groups is 1. The number of amides is 1. The van der Waals surface area contributed by atoms with Crippen LogP contribution in [0, 0.1) is 0 Å². The molecule has 7 heteroatoms. The van der Waals surface area contributed by atoms with Crippen LogP contribution in [0.25, 0.3) is 5.69 Å². The van der Waals surface area contributed by atoms with Crippen LogP contribution in [0.3, 0.4) is 0 Å². The van der Waals surface area contributed by atoms with Crippen LogP contribution < -0.4 is 10.1 Å². The molecule has 0 saturated carbocycles. The van der Waals surface area contributed by atoms with E-state index in [0.717, 1.165) is 24.3 Å². The summed E-state index contributed by atoms with van der Waals surface area (Å²) in [7, 11) is 1.62. The van der Waals surface area contributed by atoms with Gasteiger partial charge in [0.25, 0.3) is 0 Å². The Kier molecular flexibility index (Phi) is 6.87. The molecular weight excluding hydrogens is 360 g/mol. The van der Waals surface area contributed by atoms with E-state index in [4.69, 9.17) is 4.74 Å². The van der Waals surface area contributed by atoms with E-state index in [2.05, 4.69) is 27.6 Å². The zero-order chi connectivity index (χ0) is 18.9. The average Bonchev–Trinajstić information content (AvgIpc) is 3.19. The molecule has 1 heterocycles. The van der Waals surface area contributed by atoms with E-state index >= 15 is 0 Å². The average molecular weight is 382 g/mol. The lowest BCUT2D eigenvalue weighted by Gasteiger charge is -2.10. The Bertz CT molecular complexity index is 867. The lowest BCUT2D eigenvalue weighted by atomic mass is 10.1. The Labute approximate surface area is 163 Å². The third kappa shape index (κ3) is 5.34. The fourth-order valence-electron chi connectivity index (χ4n) is 2.66. The van der Waals surface area contributed by atoms with Gasteiger partial charge in [-0.25, -0.2) is 0 Å². The molecule has 27 heavy (non-hydrogen) atoms. The number of nitrogens with one attached hydrogen (secondary N) is 1. The molecule has 3 rings (SSSR count). The van der Waals surface area contributed by atoms with E-state index in [0.29, 0.717) is 17.5 Å². The van der Waals surface area contributed by atoms with Gasteiger partial charge in [-0.1, -0.05) is 54.2 Å². The molecule has 0 bridgehead atoms. The maximum absolute atomic E-state index is 12.1. The monoisotopic (exact) mass is 382 g/mol. The second-order valence-corrected chi connectivity index (χ2v) is 6.83. The molecule has 1 amide bonds. The highest BCUT2D eigenvalue weighted by molar-refractivity contribution is 7.99. The number of carbonyl (C=O) groups is 1. The highest BCUT2D eigenvalue weighted by atomic mass is 32.2. The van der Waals surface area contributed by atoms with Crippen molar-refractivity contribution in [1.29, 1.82) is 0 Å². The Hall–Kier alpha value is -2.80. The summed E-state index contributed by atoms with van der Waals surface area (Å²) in [5.74, 6) is 1.01. The van der Waals surface area contributed by atoms with E-state index in [9.17, 15) is 4.79 Å². The van der Waals surface area contributed by atoms with Gasteiger partial charge in [-0.15, -0.1) is 10.2 Å². The molecular formula is C20H22N4O2S. The Morgan fingerprint density at radius 1 is 1.15 bits per heavy atom. The second kappa shape index (κ2) is 9.78. The standard InChI is InChI=1S/C20H22N4O2S/c1-26-18-12-6-5-11-17(18)24-15-22-23-20(24)27-14-19(25)21-13-7-10-16-8-3-2-4-9-16/h2-6,8-9,11-12,15H,7,10,13-14H2,1H3,(H,21,25). The van der Waals surface area contributed by atoms with Gasteiger partial charge in [-0.2, -0.15) is 0 Å². The number of aromatic nitrogens is 3. The number of ether oxygens (including phenoxy) is 1. The lowest BCUT2D eigenvalue weighted by Crippen LogP contribution is -2.26. The van der Waals surface area contributed by atoms with Gasteiger partial charge in [-0.05, 0) is 30.5 Å². The third-order valence-corrected chi connectivity index (χ3v) is 4.94. The molecule has 0 radical (unpaired) electrons. The van der Waals surface area contributed by atoms with Gasteiger partial charge >= 0.3 is 0 Å². The minimum absolute atomic E-state index is 0.0114. The molecule has 1 aromatic heterocycles. The normalized spacial score (nSPS) is 10.6. The van der Waals surface area contributed by atoms with Crippen molar-refractivity contribution in [2.45, 2.75) is 18.0 Å². The van der Waals surface area contributed by atoms with E-state index in [1.807, 2.05) is 47.0 Å². The number of rotatable bonds is 9. The highest BCUT2D eigenvalue weighted by Crippen LogP contribution is 2.26. The molecule has 3 aromatic rings. The fraction of sp³-hybridized carbons (Fsp3) is 0.250. The molecule has 0 atom stereocenters.